The predicted octanol–water partition coefficient (Wildman–Crippen LogP) is 14.7. The van der Waals surface area contributed by atoms with E-state index < -0.39 is 11.1 Å². The molecule has 0 radical (unpaired) electrons. The number of aliphatic hydroxyl groups is 1. The van der Waals surface area contributed by atoms with Crippen molar-refractivity contribution in [3.8, 4) is 5.75 Å². The standard InChI is InChI=1S/C22H15NO5.C21H22O2.C15H12O/c24-22(28-18-11-9-17(10-12-18)23(25)26)27-14-21-19-7-3-1-5-15(19)13-16-6-2-4-8-20(16)21;1-2-3-4-13-21(22)23-15-20-18-11-7-5-9-16(18)14-17-10-6-8-12-19(17)20;16-10-15-13-7-3-1-5-11(13)9-12-6-2-4-8-14(12)15/h1-13H,14H2;5-12,14H,2-4,13,15H2,1H3;1-9,16H,10H2. The summed E-state index contributed by atoms with van der Waals surface area (Å²) in [5.74, 6) is 0.0776. The minimum atomic E-state index is -0.870. The Balaban J connectivity index is 0.000000141. The van der Waals surface area contributed by atoms with Gasteiger partial charge in [0.25, 0.3) is 5.69 Å². The number of nitrogens with zero attached hydrogens (tertiary/aromatic N) is 1. The molecule has 0 saturated heterocycles. The highest BCUT2D eigenvalue weighted by atomic mass is 16.7. The van der Waals surface area contributed by atoms with Gasteiger partial charge in [-0.2, -0.15) is 0 Å². The van der Waals surface area contributed by atoms with Crippen molar-refractivity contribution in [1.82, 2.24) is 0 Å². The van der Waals surface area contributed by atoms with E-state index in [2.05, 4.69) is 73.7 Å². The summed E-state index contributed by atoms with van der Waals surface area (Å²) in [7, 11) is 0. The number of hydrogen-bond acceptors (Lipinski definition) is 8. The van der Waals surface area contributed by atoms with Gasteiger partial charge in [0.2, 0.25) is 0 Å². The fourth-order valence-electron chi connectivity index (χ4n) is 8.44. The van der Waals surface area contributed by atoms with Crippen LogP contribution in [0.15, 0.2) is 188 Å². The van der Waals surface area contributed by atoms with E-state index >= 15 is 0 Å². The number of carbonyl (C=O) groups excluding carboxylic acids is 2. The molecule has 0 spiro atoms. The first-order valence-electron chi connectivity index (χ1n) is 22.3. The number of nitro benzene ring substituents is 1. The molecule has 10 aromatic carbocycles. The Bertz CT molecular complexity index is 3200. The van der Waals surface area contributed by atoms with Crippen molar-refractivity contribution in [3.05, 3.63) is 215 Å². The molecule has 0 aromatic heterocycles. The normalized spacial score (nSPS) is 10.9. The van der Waals surface area contributed by atoms with Crippen LogP contribution in [-0.4, -0.2) is 22.2 Å². The molecule has 0 bridgehead atoms. The first-order chi connectivity index (χ1) is 32.8. The van der Waals surface area contributed by atoms with Crippen molar-refractivity contribution in [2.45, 2.75) is 52.4 Å². The number of esters is 1. The molecule has 9 nitrogen and oxygen atoms in total. The lowest BCUT2D eigenvalue weighted by atomic mass is 9.97. The Morgan fingerprint density at radius 3 is 1.21 bits per heavy atom. The molecule has 0 unspecified atom stereocenters. The van der Waals surface area contributed by atoms with Gasteiger partial charge in [-0.15, -0.1) is 0 Å². The summed E-state index contributed by atoms with van der Waals surface area (Å²) < 4.78 is 16.0. The second-order valence-electron chi connectivity index (χ2n) is 16.1. The number of unbranched alkanes of at least 4 members (excludes halogenated alkanes) is 2. The number of carbonyl (C=O) groups is 2. The monoisotopic (exact) mass is 887 g/mol. The summed E-state index contributed by atoms with van der Waals surface area (Å²) >= 11 is 0. The molecule has 10 rings (SSSR count). The van der Waals surface area contributed by atoms with Crippen LogP contribution in [0.5, 0.6) is 5.75 Å². The topological polar surface area (TPSA) is 125 Å². The number of nitro groups is 1. The van der Waals surface area contributed by atoms with Crippen LogP contribution >= 0.6 is 0 Å². The average molecular weight is 888 g/mol. The van der Waals surface area contributed by atoms with Gasteiger partial charge in [-0.25, -0.2) is 4.79 Å². The number of fused-ring (bicyclic) bond motifs is 6. The average Bonchev–Trinajstić information content (AvgIpc) is 3.36. The van der Waals surface area contributed by atoms with Crippen LogP contribution in [0.4, 0.5) is 10.5 Å². The first kappa shape index (κ1) is 45.4. The smallest absolute Gasteiger partial charge is 0.461 e. The fourth-order valence-corrected chi connectivity index (χ4v) is 8.44. The molecule has 334 valence electrons. The van der Waals surface area contributed by atoms with Gasteiger partial charge in [-0.3, -0.25) is 14.9 Å². The number of hydrogen-bond donors (Lipinski definition) is 1. The molecule has 0 aliphatic carbocycles. The maximum Gasteiger partial charge on any atom is 0.514 e. The minimum absolute atomic E-state index is 0.0493. The van der Waals surface area contributed by atoms with Gasteiger partial charge >= 0.3 is 12.1 Å². The quantitative estimate of drug-likeness (QED) is 0.0340. The van der Waals surface area contributed by atoms with E-state index in [0.717, 1.165) is 79.0 Å². The summed E-state index contributed by atoms with van der Waals surface area (Å²) in [6.45, 7) is 2.61. The third-order valence-corrected chi connectivity index (χ3v) is 11.8. The van der Waals surface area contributed by atoms with Crippen LogP contribution in [0.25, 0.3) is 64.6 Å². The molecule has 0 amide bonds. The van der Waals surface area contributed by atoms with Gasteiger partial charge in [0.05, 0.1) is 11.5 Å². The zero-order chi connectivity index (χ0) is 46.5. The van der Waals surface area contributed by atoms with Gasteiger partial charge in [0.15, 0.2) is 0 Å². The van der Waals surface area contributed by atoms with E-state index in [1.807, 2.05) is 97.1 Å². The Labute approximate surface area is 387 Å². The molecule has 0 saturated carbocycles. The van der Waals surface area contributed by atoms with Crippen molar-refractivity contribution in [1.29, 1.82) is 0 Å². The third kappa shape index (κ3) is 10.9. The maximum atomic E-state index is 12.1. The lowest BCUT2D eigenvalue weighted by Gasteiger charge is -2.12. The van der Waals surface area contributed by atoms with Crippen LogP contribution in [0.2, 0.25) is 0 Å². The highest BCUT2D eigenvalue weighted by Gasteiger charge is 2.14. The summed E-state index contributed by atoms with van der Waals surface area (Å²) in [6.07, 6.45) is 2.74. The van der Waals surface area contributed by atoms with Crippen LogP contribution < -0.4 is 4.74 Å². The van der Waals surface area contributed by atoms with E-state index in [9.17, 15) is 24.8 Å². The molecule has 9 heteroatoms. The van der Waals surface area contributed by atoms with Crippen molar-refractivity contribution >= 4 is 82.4 Å². The van der Waals surface area contributed by atoms with Crippen LogP contribution in [0, 0.1) is 10.1 Å². The van der Waals surface area contributed by atoms with Crippen LogP contribution in [0.3, 0.4) is 0 Å². The Morgan fingerprint density at radius 1 is 0.493 bits per heavy atom. The summed E-state index contributed by atoms with van der Waals surface area (Å²) in [4.78, 5) is 34.2. The molecule has 0 heterocycles. The Morgan fingerprint density at radius 2 is 0.851 bits per heavy atom. The maximum absolute atomic E-state index is 12.1. The number of benzene rings is 10. The van der Waals surface area contributed by atoms with E-state index in [1.165, 1.54) is 45.8 Å². The number of rotatable bonds is 11. The molecule has 0 aliphatic heterocycles. The summed E-state index contributed by atoms with van der Waals surface area (Å²) in [6, 6.07) is 60.4. The lowest BCUT2D eigenvalue weighted by Crippen LogP contribution is -2.11. The Hall–Kier alpha value is -8.14. The second-order valence-corrected chi connectivity index (χ2v) is 16.1. The van der Waals surface area contributed by atoms with E-state index in [0.29, 0.717) is 13.0 Å². The van der Waals surface area contributed by atoms with E-state index in [1.54, 1.807) is 0 Å². The van der Waals surface area contributed by atoms with Gasteiger partial charge in [-0.05, 0) is 107 Å². The number of aliphatic hydroxyl groups excluding tert-OH is 1. The van der Waals surface area contributed by atoms with Crippen molar-refractivity contribution < 1.29 is 33.8 Å². The van der Waals surface area contributed by atoms with Crippen molar-refractivity contribution in [2.24, 2.45) is 0 Å². The molecular weight excluding hydrogens is 839 g/mol. The van der Waals surface area contributed by atoms with Crippen LogP contribution in [-0.2, 0) is 34.1 Å². The molecule has 0 atom stereocenters. The highest BCUT2D eigenvalue weighted by Crippen LogP contribution is 2.32. The van der Waals surface area contributed by atoms with E-state index in [4.69, 9.17) is 14.2 Å². The summed E-state index contributed by atoms with van der Waals surface area (Å²) in [5.41, 5.74) is 2.94. The fraction of sp³-hybridized carbons (Fsp3) is 0.138. The van der Waals surface area contributed by atoms with Gasteiger partial charge < -0.3 is 19.3 Å². The number of non-ortho nitro benzene ring substituents is 1. The lowest BCUT2D eigenvalue weighted by molar-refractivity contribution is -0.384. The molecule has 10 aromatic rings. The van der Waals surface area contributed by atoms with Crippen molar-refractivity contribution in [2.75, 3.05) is 0 Å². The van der Waals surface area contributed by atoms with Crippen LogP contribution in [0.1, 0.15) is 49.3 Å². The Kier molecular flexibility index (Phi) is 14.7. The molecule has 0 fully saturated rings. The second kappa shape index (κ2) is 21.7. The zero-order valence-electron chi connectivity index (χ0n) is 37.1. The van der Waals surface area contributed by atoms with Crippen molar-refractivity contribution in [3.63, 3.8) is 0 Å². The minimum Gasteiger partial charge on any atom is -0.461 e. The molecule has 1 N–H and O–H groups in total. The summed E-state index contributed by atoms with van der Waals surface area (Å²) in [5, 5.41) is 33.7. The van der Waals surface area contributed by atoms with E-state index in [-0.39, 0.29) is 30.6 Å². The van der Waals surface area contributed by atoms with Gasteiger partial charge in [-0.1, -0.05) is 165 Å². The number of ether oxygens (including phenoxy) is 3. The molecular formula is C58H49NO8. The highest BCUT2D eigenvalue weighted by molar-refractivity contribution is 6.04. The molecule has 0 aliphatic rings. The third-order valence-electron chi connectivity index (χ3n) is 11.8. The SMILES string of the molecule is CCCCCC(=O)OCc1c2ccccc2cc2ccccc12.O=C(OCc1c2ccccc2cc2ccccc12)Oc1ccc([N+](=O)[O-])cc1.OCc1c2ccccc2cc2ccccc12. The predicted molar refractivity (Wildman–Crippen MR) is 268 cm³/mol. The molecule has 67 heavy (non-hydrogen) atoms. The largest absolute Gasteiger partial charge is 0.514 e. The van der Waals surface area contributed by atoms with Gasteiger partial charge in [0, 0.05) is 29.7 Å². The zero-order valence-corrected chi connectivity index (χ0v) is 37.1. The van der Waals surface area contributed by atoms with Gasteiger partial charge in [0.1, 0.15) is 19.0 Å². The first-order valence-corrected chi connectivity index (χ1v) is 22.3.